The minimum absolute atomic E-state index is 0.0874. The van der Waals surface area contributed by atoms with Gasteiger partial charge in [0, 0.05) is 12.0 Å². The molecule has 34 heavy (non-hydrogen) atoms. The lowest BCUT2D eigenvalue weighted by atomic mass is 9.99. The molecule has 0 aliphatic rings. The van der Waals surface area contributed by atoms with Gasteiger partial charge < -0.3 is 0 Å². The largest absolute Gasteiger partial charge is 0.435 e. The molecule has 0 saturated heterocycles. The Morgan fingerprint density at radius 3 is 2.32 bits per heavy atom. The topological polar surface area (TPSA) is 73.9 Å². The molecular weight excluding hydrogens is 441 g/mol. The van der Waals surface area contributed by atoms with Crippen LogP contribution < -0.4 is 5.48 Å². The van der Waals surface area contributed by atoms with Crippen LogP contribution in [0.2, 0.25) is 0 Å². The van der Waals surface area contributed by atoms with Crippen molar-refractivity contribution in [2.75, 3.05) is 0 Å². The van der Waals surface area contributed by atoms with Crippen LogP contribution in [0, 0.1) is 5.41 Å². The summed E-state index contributed by atoms with van der Waals surface area (Å²) >= 11 is 0. The van der Waals surface area contributed by atoms with Gasteiger partial charge in [-0.25, -0.2) is 4.68 Å². The minimum Gasteiger partial charge on any atom is -0.290 e. The molecule has 5 nitrogen and oxygen atoms in total. The summed E-state index contributed by atoms with van der Waals surface area (Å²) < 4.78 is 42.0. The van der Waals surface area contributed by atoms with Crippen molar-refractivity contribution in [3.63, 3.8) is 0 Å². The van der Waals surface area contributed by atoms with Crippen LogP contribution in [0.3, 0.4) is 0 Å². The summed E-state index contributed by atoms with van der Waals surface area (Å²) in [5, 5.41) is 24.3. The molecule has 0 aliphatic heterocycles. The van der Waals surface area contributed by atoms with Crippen molar-refractivity contribution in [3.05, 3.63) is 96.2 Å². The number of alkyl halides is 3. The highest BCUT2D eigenvalue weighted by Gasteiger charge is 2.35. The molecule has 5 aromatic rings. The second kappa shape index (κ2) is 8.31. The highest BCUT2D eigenvalue weighted by Crippen LogP contribution is 2.35. The molecule has 0 amide bonds. The van der Waals surface area contributed by atoms with Crippen molar-refractivity contribution in [1.29, 1.82) is 5.41 Å². The summed E-state index contributed by atoms with van der Waals surface area (Å²) in [6.07, 6.45) is -4.43. The highest BCUT2D eigenvalue weighted by molar-refractivity contribution is 6.08. The Balaban J connectivity index is 1.62. The number of rotatable bonds is 4. The number of amidine groups is 1. The molecule has 0 saturated carbocycles. The first-order chi connectivity index (χ1) is 16.3. The number of nitrogens with zero attached hydrogens (tertiary/aromatic N) is 2. The lowest BCUT2D eigenvalue weighted by Gasteiger charge is -2.11. The number of nitrogens with one attached hydrogen (secondary N) is 2. The zero-order valence-corrected chi connectivity index (χ0v) is 17.8. The second-order valence-electron chi connectivity index (χ2n) is 7.98. The molecular formula is C26H19F3N4O. The van der Waals surface area contributed by atoms with Gasteiger partial charge in [0.1, 0.15) is 5.84 Å². The van der Waals surface area contributed by atoms with Gasteiger partial charge in [-0.05, 0) is 51.4 Å². The molecule has 170 valence electrons. The maximum atomic E-state index is 13.6. The van der Waals surface area contributed by atoms with E-state index >= 15 is 0 Å². The lowest BCUT2D eigenvalue weighted by molar-refractivity contribution is -0.141. The molecule has 5 rings (SSSR count). The van der Waals surface area contributed by atoms with Crippen molar-refractivity contribution in [1.82, 2.24) is 15.3 Å². The number of hydroxylamine groups is 1. The summed E-state index contributed by atoms with van der Waals surface area (Å²) in [5.41, 5.74) is 2.91. The van der Waals surface area contributed by atoms with Crippen LogP contribution in [-0.4, -0.2) is 20.8 Å². The third kappa shape index (κ3) is 3.99. The van der Waals surface area contributed by atoms with Crippen LogP contribution in [0.4, 0.5) is 13.2 Å². The Bertz CT molecular complexity index is 1520. The first-order valence-corrected chi connectivity index (χ1v) is 10.5. The molecule has 0 aliphatic carbocycles. The van der Waals surface area contributed by atoms with Crippen molar-refractivity contribution in [2.45, 2.75) is 12.6 Å². The fraction of sp³-hybridized carbons (Fsp3) is 0.0769. The van der Waals surface area contributed by atoms with Crippen molar-refractivity contribution in [2.24, 2.45) is 0 Å². The average molecular weight is 460 g/mol. The van der Waals surface area contributed by atoms with Crippen LogP contribution in [0.25, 0.3) is 38.5 Å². The van der Waals surface area contributed by atoms with Crippen LogP contribution in [0.5, 0.6) is 0 Å². The van der Waals surface area contributed by atoms with E-state index in [4.69, 9.17) is 10.6 Å². The molecule has 0 radical (unpaired) electrons. The van der Waals surface area contributed by atoms with E-state index in [9.17, 15) is 13.2 Å². The molecule has 0 atom stereocenters. The van der Waals surface area contributed by atoms with Crippen molar-refractivity contribution in [3.8, 4) is 16.9 Å². The van der Waals surface area contributed by atoms with E-state index in [2.05, 4.69) is 5.10 Å². The number of hydrogen-bond acceptors (Lipinski definition) is 3. The summed E-state index contributed by atoms with van der Waals surface area (Å²) in [6, 6.07) is 25.3. The number of benzene rings is 4. The normalized spacial score (nSPS) is 11.8. The average Bonchev–Trinajstić information content (AvgIpc) is 3.30. The maximum Gasteiger partial charge on any atom is 0.435 e. The van der Waals surface area contributed by atoms with Gasteiger partial charge in [0.05, 0.1) is 11.4 Å². The predicted molar refractivity (Wildman–Crippen MR) is 125 cm³/mol. The van der Waals surface area contributed by atoms with Crippen LogP contribution in [-0.2, 0) is 12.6 Å². The van der Waals surface area contributed by atoms with Crippen molar-refractivity contribution >= 4 is 27.4 Å². The lowest BCUT2D eigenvalue weighted by Crippen LogP contribution is -2.19. The Hall–Kier alpha value is -4.17. The van der Waals surface area contributed by atoms with E-state index < -0.39 is 11.9 Å². The quantitative estimate of drug-likeness (QED) is 0.126. The SMILES string of the molecule is N=C(Cc1ccc(-n2nc(C(F)(F)F)cc2-c2ccc3c(ccc4ccccc43)c2)cc1)NO. The van der Waals surface area contributed by atoms with Gasteiger partial charge in [-0.2, -0.15) is 18.3 Å². The van der Waals surface area contributed by atoms with Gasteiger partial charge in [-0.15, -0.1) is 0 Å². The summed E-state index contributed by atoms with van der Waals surface area (Å²) in [7, 11) is 0. The standard InChI is InChI=1S/C26H19F3N4O/c27-26(28,29)24-15-23(33(31-24)20-10-5-16(6-11-20)13-25(30)32-34)19-9-12-22-18(14-19)8-7-17-3-1-2-4-21(17)22/h1-12,14-15,34H,13H2,(H2,30,32). The summed E-state index contributed by atoms with van der Waals surface area (Å²) in [4.78, 5) is 0. The van der Waals surface area contributed by atoms with E-state index in [0.29, 0.717) is 16.9 Å². The van der Waals surface area contributed by atoms with E-state index in [0.717, 1.165) is 33.2 Å². The monoisotopic (exact) mass is 460 g/mol. The Kier molecular flexibility index (Phi) is 5.30. The Morgan fingerprint density at radius 1 is 0.882 bits per heavy atom. The number of hydrogen-bond donors (Lipinski definition) is 3. The van der Waals surface area contributed by atoms with E-state index in [1.807, 2.05) is 54.6 Å². The molecule has 0 unspecified atom stereocenters. The third-order valence-electron chi connectivity index (χ3n) is 5.74. The van der Waals surface area contributed by atoms with Gasteiger partial charge in [0.2, 0.25) is 0 Å². The predicted octanol–water partition coefficient (Wildman–Crippen LogP) is 6.36. The van der Waals surface area contributed by atoms with Crippen LogP contribution >= 0.6 is 0 Å². The summed E-state index contributed by atoms with van der Waals surface area (Å²) in [6.45, 7) is 0. The zero-order chi connectivity index (χ0) is 23.9. The first kappa shape index (κ1) is 21.7. The van der Waals surface area contributed by atoms with Gasteiger partial charge in [0.15, 0.2) is 5.69 Å². The minimum atomic E-state index is -4.59. The maximum absolute atomic E-state index is 13.6. The Morgan fingerprint density at radius 2 is 1.59 bits per heavy atom. The molecule has 1 aromatic heterocycles. The molecule has 1 heterocycles. The smallest absolute Gasteiger partial charge is 0.290 e. The fourth-order valence-corrected chi connectivity index (χ4v) is 4.09. The molecule has 3 N–H and O–H groups in total. The van der Waals surface area contributed by atoms with E-state index in [1.54, 1.807) is 29.7 Å². The number of aromatic nitrogens is 2. The van der Waals surface area contributed by atoms with E-state index in [-0.39, 0.29) is 12.3 Å². The highest BCUT2D eigenvalue weighted by atomic mass is 19.4. The third-order valence-corrected chi connectivity index (χ3v) is 5.74. The fourth-order valence-electron chi connectivity index (χ4n) is 4.09. The van der Waals surface area contributed by atoms with Crippen LogP contribution in [0.15, 0.2) is 84.9 Å². The second-order valence-corrected chi connectivity index (χ2v) is 7.98. The number of halogens is 3. The van der Waals surface area contributed by atoms with Gasteiger partial charge >= 0.3 is 6.18 Å². The van der Waals surface area contributed by atoms with Gasteiger partial charge in [-0.3, -0.25) is 16.1 Å². The van der Waals surface area contributed by atoms with Gasteiger partial charge in [0.25, 0.3) is 0 Å². The summed E-state index contributed by atoms with van der Waals surface area (Å²) in [5.74, 6) is -0.0874. The zero-order valence-electron chi connectivity index (χ0n) is 17.8. The molecule has 0 bridgehead atoms. The first-order valence-electron chi connectivity index (χ1n) is 10.5. The van der Waals surface area contributed by atoms with Crippen LogP contribution in [0.1, 0.15) is 11.3 Å². The molecule has 0 spiro atoms. The number of fused-ring (bicyclic) bond motifs is 3. The van der Waals surface area contributed by atoms with E-state index in [1.165, 1.54) is 4.68 Å². The van der Waals surface area contributed by atoms with Crippen molar-refractivity contribution < 1.29 is 18.4 Å². The Labute approximate surface area is 192 Å². The molecule has 8 heteroatoms. The molecule has 4 aromatic carbocycles. The van der Waals surface area contributed by atoms with Gasteiger partial charge in [-0.1, -0.05) is 60.7 Å². The molecule has 0 fully saturated rings.